The number of carbonyl (C=O) groups excluding carboxylic acids is 1. The maximum atomic E-state index is 13.4. The lowest BCUT2D eigenvalue weighted by atomic mass is 9.56. The first-order valence-electron chi connectivity index (χ1n) is 4.86. The highest BCUT2D eigenvalue weighted by Crippen LogP contribution is 2.55. The number of hydrogen-bond donors (Lipinski definition) is 0. The van der Waals surface area contributed by atoms with Gasteiger partial charge in [-0.15, -0.1) is 0 Å². The van der Waals surface area contributed by atoms with Crippen molar-refractivity contribution in [2.45, 2.75) is 50.2 Å². The molecule has 0 N–H and O–H groups in total. The largest absolute Gasteiger partial charge is 0.244 e. The average molecular weight is 183 g/mol. The zero-order chi connectivity index (χ0) is 9.53. The summed E-state index contributed by atoms with van der Waals surface area (Å²) in [6.07, 6.45) is 5.83. The molecule has 0 radical (unpaired) electrons. The summed E-state index contributed by atoms with van der Waals surface area (Å²) in [5.74, 6) is 0.442. The van der Waals surface area contributed by atoms with E-state index >= 15 is 0 Å². The Morgan fingerprint density at radius 3 is 2.38 bits per heavy atom. The number of alkyl halides is 1. The van der Waals surface area contributed by atoms with Crippen molar-refractivity contribution in [2.24, 2.45) is 10.9 Å². The third-order valence-corrected chi connectivity index (χ3v) is 3.48. The van der Waals surface area contributed by atoms with Gasteiger partial charge in [0.05, 0.1) is 5.54 Å². The monoisotopic (exact) mass is 183 g/mol. The average Bonchev–Trinajstić information content (AvgIpc) is 1.78. The third-order valence-electron chi connectivity index (χ3n) is 3.48. The van der Waals surface area contributed by atoms with Gasteiger partial charge in [-0.2, -0.15) is 4.99 Å². The second-order valence-corrected chi connectivity index (χ2v) is 4.70. The molecular formula is C10H14FNO. The van der Waals surface area contributed by atoms with Gasteiger partial charge in [-0.1, -0.05) is 6.42 Å². The van der Waals surface area contributed by atoms with Gasteiger partial charge in [-0.3, -0.25) is 0 Å². The van der Waals surface area contributed by atoms with Gasteiger partial charge in [0, 0.05) is 12.8 Å². The smallest absolute Gasteiger partial charge is 0.235 e. The van der Waals surface area contributed by atoms with Crippen LogP contribution in [0.15, 0.2) is 4.99 Å². The molecule has 0 aliphatic heterocycles. The summed E-state index contributed by atoms with van der Waals surface area (Å²) < 4.78 is 13.4. The molecule has 2 fully saturated rings. The Morgan fingerprint density at radius 2 is 2.08 bits per heavy atom. The van der Waals surface area contributed by atoms with Gasteiger partial charge in [0.1, 0.15) is 5.67 Å². The molecule has 13 heavy (non-hydrogen) atoms. The van der Waals surface area contributed by atoms with Crippen LogP contribution in [-0.2, 0) is 4.79 Å². The molecule has 0 bridgehead atoms. The van der Waals surface area contributed by atoms with Crippen LogP contribution in [0.4, 0.5) is 4.39 Å². The van der Waals surface area contributed by atoms with Crippen molar-refractivity contribution in [1.29, 1.82) is 0 Å². The molecule has 0 aromatic carbocycles. The highest BCUT2D eigenvalue weighted by Gasteiger charge is 2.58. The van der Waals surface area contributed by atoms with Gasteiger partial charge in [-0.25, -0.2) is 9.18 Å². The zero-order valence-electron chi connectivity index (χ0n) is 7.85. The summed E-state index contributed by atoms with van der Waals surface area (Å²) in [6.45, 7) is 1.59. The van der Waals surface area contributed by atoms with Gasteiger partial charge in [0.25, 0.3) is 0 Å². The predicted molar refractivity (Wildman–Crippen MR) is 46.9 cm³/mol. The van der Waals surface area contributed by atoms with Crippen LogP contribution in [-0.4, -0.2) is 17.3 Å². The van der Waals surface area contributed by atoms with E-state index in [2.05, 4.69) is 4.99 Å². The van der Waals surface area contributed by atoms with Crippen LogP contribution < -0.4 is 0 Å². The van der Waals surface area contributed by atoms with E-state index in [1.54, 1.807) is 13.0 Å². The van der Waals surface area contributed by atoms with Crippen LogP contribution in [0.5, 0.6) is 0 Å². The lowest BCUT2D eigenvalue weighted by Gasteiger charge is -2.53. The molecule has 2 saturated carbocycles. The lowest BCUT2D eigenvalue weighted by molar-refractivity contribution is -0.0466. The van der Waals surface area contributed by atoms with Crippen LogP contribution in [0.25, 0.3) is 0 Å². The molecule has 0 amide bonds. The molecule has 0 aromatic heterocycles. The molecule has 2 aliphatic rings. The fourth-order valence-corrected chi connectivity index (χ4v) is 2.72. The summed E-state index contributed by atoms with van der Waals surface area (Å²) in [5, 5.41) is 0. The highest BCUT2D eigenvalue weighted by molar-refractivity contribution is 5.37. The van der Waals surface area contributed by atoms with Crippen LogP contribution >= 0.6 is 0 Å². The standard InChI is InChI=1S/C10H14FNO/c1-9(11)5-10(6-9,12-7-13)8-3-2-4-8/h8H,2-6H2,1H3. The van der Waals surface area contributed by atoms with Crippen molar-refractivity contribution in [3.8, 4) is 0 Å². The fourth-order valence-electron chi connectivity index (χ4n) is 2.72. The molecule has 0 aromatic rings. The van der Waals surface area contributed by atoms with E-state index in [0.717, 1.165) is 12.8 Å². The van der Waals surface area contributed by atoms with Gasteiger partial charge in [0.2, 0.25) is 6.08 Å². The second-order valence-electron chi connectivity index (χ2n) is 4.70. The minimum Gasteiger partial charge on any atom is -0.244 e. The quantitative estimate of drug-likeness (QED) is 0.477. The summed E-state index contributed by atoms with van der Waals surface area (Å²) >= 11 is 0. The van der Waals surface area contributed by atoms with Crippen molar-refractivity contribution in [1.82, 2.24) is 0 Å². The Hall–Kier alpha value is -0.690. The van der Waals surface area contributed by atoms with E-state index < -0.39 is 5.67 Å². The SMILES string of the molecule is CC1(F)CC(N=C=O)(C2CCC2)C1. The summed E-state index contributed by atoms with van der Waals surface area (Å²) in [5.41, 5.74) is -1.47. The van der Waals surface area contributed by atoms with Crippen molar-refractivity contribution < 1.29 is 9.18 Å². The number of nitrogens with zero attached hydrogens (tertiary/aromatic N) is 1. The van der Waals surface area contributed by atoms with Gasteiger partial charge in [0.15, 0.2) is 0 Å². The number of rotatable bonds is 2. The van der Waals surface area contributed by atoms with E-state index in [-0.39, 0.29) is 5.54 Å². The van der Waals surface area contributed by atoms with E-state index in [9.17, 15) is 9.18 Å². The number of halogens is 1. The molecule has 72 valence electrons. The Kier molecular flexibility index (Phi) is 1.81. The lowest BCUT2D eigenvalue weighted by Crippen LogP contribution is -2.57. The first-order valence-corrected chi connectivity index (χ1v) is 4.86. The van der Waals surface area contributed by atoms with Crippen molar-refractivity contribution >= 4 is 6.08 Å². The zero-order valence-corrected chi connectivity index (χ0v) is 7.85. The molecule has 0 unspecified atom stereocenters. The maximum Gasteiger partial charge on any atom is 0.235 e. The molecule has 0 atom stereocenters. The summed E-state index contributed by atoms with van der Waals surface area (Å²) in [6, 6.07) is 0. The fraction of sp³-hybridized carbons (Fsp3) is 0.900. The second kappa shape index (κ2) is 2.65. The predicted octanol–water partition coefficient (Wildman–Crippen LogP) is 2.38. The minimum atomic E-state index is -1.10. The van der Waals surface area contributed by atoms with Crippen LogP contribution in [0.3, 0.4) is 0 Å². The topological polar surface area (TPSA) is 29.4 Å². The number of hydrogen-bond acceptors (Lipinski definition) is 2. The van der Waals surface area contributed by atoms with Gasteiger partial charge >= 0.3 is 0 Å². The van der Waals surface area contributed by atoms with Crippen molar-refractivity contribution in [3.63, 3.8) is 0 Å². The van der Waals surface area contributed by atoms with E-state index in [4.69, 9.17) is 0 Å². The molecular weight excluding hydrogens is 169 g/mol. The number of aliphatic imine (C=N–C) groups is 1. The molecule has 2 nitrogen and oxygen atoms in total. The molecule has 0 saturated heterocycles. The first-order chi connectivity index (χ1) is 6.08. The highest BCUT2D eigenvalue weighted by atomic mass is 19.1. The maximum absolute atomic E-state index is 13.4. The van der Waals surface area contributed by atoms with E-state index in [0.29, 0.717) is 18.8 Å². The Labute approximate surface area is 77.2 Å². The van der Waals surface area contributed by atoms with Gasteiger partial charge < -0.3 is 0 Å². The number of isocyanates is 1. The Balaban J connectivity index is 2.10. The Bertz CT molecular complexity index is 256. The molecule has 3 heteroatoms. The normalized spacial score (nSPS) is 44.5. The van der Waals surface area contributed by atoms with Crippen molar-refractivity contribution in [3.05, 3.63) is 0 Å². The molecule has 2 aliphatic carbocycles. The van der Waals surface area contributed by atoms with E-state index in [1.165, 1.54) is 6.42 Å². The molecule has 2 rings (SSSR count). The van der Waals surface area contributed by atoms with Crippen LogP contribution in [0.2, 0.25) is 0 Å². The summed E-state index contributed by atoms with van der Waals surface area (Å²) in [4.78, 5) is 14.1. The Morgan fingerprint density at radius 1 is 1.46 bits per heavy atom. The van der Waals surface area contributed by atoms with Crippen molar-refractivity contribution in [2.75, 3.05) is 0 Å². The minimum absolute atomic E-state index is 0.372. The third kappa shape index (κ3) is 1.31. The summed E-state index contributed by atoms with van der Waals surface area (Å²) in [7, 11) is 0. The van der Waals surface area contributed by atoms with Crippen LogP contribution in [0, 0.1) is 5.92 Å². The molecule has 0 spiro atoms. The first kappa shape index (κ1) is 8.89. The van der Waals surface area contributed by atoms with E-state index in [1.807, 2.05) is 0 Å². The molecule has 0 heterocycles. The van der Waals surface area contributed by atoms with Gasteiger partial charge in [-0.05, 0) is 25.7 Å². The van der Waals surface area contributed by atoms with Crippen LogP contribution in [0.1, 0.15) is 39.0 Å².